The minimum Gasteiger partial charge on any atom is -0.497 e. The van der Waals surface area contributed by atoms with Crippen molar-refractivity contribution in [2.24, 2.45) is 0 Å². The highest BCUT2D eigenvalue weighted by molar-refractivity contribution is 9.09. The molecule has 4 N–H and O–H groups in total. The van der Waals surface area contributed by atoms with Crippen LogP contribution >= 0.6 is 15.9 Å². The van der Waals surface area contributed by atoms with E-state index in [2.05, 4.69) is 15.9 Å². The van der Waals surface area contributed by atoms with Crippen molar-refractivity contribution in [2.45, 2.75) is 12.2 Å². The summed E-state index contributed by atoms with van der Waals surface area (Å²) >= 11 is 3.09. The fourth-order valence-corrected chi connectivity index (χ4v) is 1.60. The van der Waals surface area contributed by atoms with E-state index in [-0.39, 0.29) is 0 Å². The maximum absolute atomic E-state index is 9.74. The molecule has 0 spiro atoms. The summed E-state index contributed by atoms with van der Waals surface area (Å²) in [6.07, 6.45) is -1.83. The number of ether oxygens (including phenoxy) is 1. The maximum Gasteiger partial charge on any atom is 0.121 e. The van der Waals surface area contributed by atoms with E-state index in [1.165, 1.54) is 7.11 Å². The average molecular weight is 276 g/mol. The number of nitrogen functional groups attached to an aromatic ring is 1. The van der Waals surface area contributed by atoms with Crippen molar-refractivity contribution in [3.05, 3.63) is 23.8 Å². The van der Waals surface area contributed by atoms with Crippen molar-refractivity contribution in [2.75, 3.05) is 18.2 Å². The summed E-state index contributed by atoms with van der Waals surface area (Å²) in [6.45, 7) is 0. The van der Waals surface area contributed by atoms with Gasteiger partial charge in [-0.15, -0.1) is 0 Å². The zero-order chi connectivity index (χ0) is 11.4. The molecule has 0 aliphatic rings. The Kier molecular flexibility index (Phi) is 4.38. The third-order valence-corrected chi connectivity index (χ3v) is 2.71. The van der Waals surface area contributed by atoms with Crippen LogP contribution < -0.4 is 10.5 Å². The second-order valence-electron chi connectivity index (χ2n) is 3.21. The summed E-state index contributed by atoms with van der Waals surface area (Å²) < 4.78 is 5.01. The van der Waals surface area contributed by atoms with E-state index in [0.717, 1.165) is 0 Å². The first-order valence-electron chi connectivity index (χ1n) is 4.45. The molecule has 84 valence electrons. The topological polar surface area (TPSA) is 75.7 Å². The molecule has 0 bridgehead atoms. The fourth-order valence-electron chi connectivity index (χ4n) is 1.24. The molecule has 0 fully saturated rings. The average Bonchev–Trinajstić information content (AvgIpc) is 2.26. The fraction of sp³-hybridized carbons (Fsp3) is 0.400. The second-order valence-corrected chi connectivity index (χ2v) is 3.85. The molecular weight excluding hydrogens is 262 g/mol. The van der Waals surface area contributed by atoms with Crippen molar-refractivity contribution in [3.63, 3.8) is 0 Å². The Hall–Kier alpha value is -0.780. The summed E-state index contributed by atoms with van der Waals surface area (Å²) in [4.78, 5) is 0. The van der Waals surface area contributed by atoms with Gasteiger partial charge in [0.2, 0.25) is 0 Å². The lowest BCUT2D eigenvalue weighted by Gasteiger charge is -2.17. The van der Waals surface area contributed by atoms with Crippen LogP contribution in [-0.4, -0.2) is 28.8 Å². The van der Waals surface area contributed by atoms with Gasteiger partial charge in [-0.25, -0.2) is 0 Å². The summed E-state index contributed by atoms with van der Waals surface area (Å²) in [7, 11) is 1.52. The molecule has 0 saturated carbocycles. The molecule has 15 heavy (non-hydrogen) atoms. The molecule has 0 saturated heterocycles. The number of aliphatic hydroxyl groups excluding tert-OH is 2. The normalized spacial score (nSPS) is 14.7. The first-order chi connectivity index (χ1) is 7.08. The van der Waals surface area contributed by atoms with E-state index in [1.54, 1.807) is 18.2 Å². The minimum atomic E-state index is -0.971. The first-order valence-corrected chi connectivity index (χ1v) is 5.57. The Morgan fingerprint density at radius 1 is 1.40 bits per heavy atom. The lowest BCUT2D eigenvalue weighted by atomic mass is 10.0. The molecule has 1 aromatic rings. The molecule has 0 heterocycles. The molecule has 1 rings (SSSR count). The van der Waals surface area contributed by atoms with Crippen molar-refractivity contribution < 1.29 is 14.9 Å². The number of alkyl halides is 1. The molecule has 0 amide bonds. The Morgan fingerprint density at radius 2 is 2.07 bits per heavy atom. The summed E-state index contributed by atoms with van der Waals surface area (Å²) in [5.74, 6) is 0.561. The van der Waals surface area contributed by atoms with Gasteiger partial charge in [-0.1, -0.05) is 15.9 Å². The molecular formula is C10H14BrNO3. The lowest BCUT2D eigenvalue weighted by Crippen LogP contribution is -2.19. The number of benzene rings is 1. The first kappa shape index (κ1) is 12.3. The number of aliphatic hydroxyl groups is 2. The molecule has 5 heteroatoms. The highest BCUT2D eigenvalue weighted by Crippen LogP contribution is 2.25. The van der Waals surface area contributed by atoms with Gasteiger partial charge in [0.1, 0.15) is 11.9 Å². The van der Waals surface area contributed by atoms with Crippen molar-refractivity contribution >= 4 is 21.6 Å². The summed E-state index contributed by atoms with van der Waals surface area (Å²) in [6, 6.07) is 4.91. The van der Waals surface area contributed by atoms with E-state index in [9.17, 15) is 10.2 Å². The number of hydrogen-bond donors (Lipinski definition) is 3. The predicted octanol–water partition coefficient (Wildman–Crippen LogP) is 1.07. The van der Waals surface area contributed by atoms with Crippen LogP contribution in [0.25, 0.3) is 0 Å². The van der Waals surface area contributed by atoms with Gasteiger partial charge >= 0.3 is 0 Å². The number of hydrogen-bond acceptors (Lipinski definition) is 4. The van der Waals surface area contributed by atoms with Crippen molar-refractivity contribution in [1.29, 1.82) is 0 Å². The van der Waals surface area contributed by atoms with Gasteiger partial charge < -0.3 is 20.7 Å². The molecule has 1 aromatic carbocycles. The Bertz CT molecular complexity index is 332. The van der Waals surface area contributed by atoms with Crippen LogP contribution in [0.15, 0.2) is 18.2 Å². The van der Waals surface area contributed by atoms with Crippen LogP contribution in [0.3, 0.4) is 0 Å². The monoisotopic (exact) mass is 275 g/mol. The van der Waals surface area contributed by atoms with E-state index >= 15 is 0 Å². The maximum atomic E-state index is 9.74. The van der Waals surface area contributed by atoms with Crippen LogP contribution in [0, 0.1) is 0 Å². The Labute approximate surface area is 96.8 Å². The predicted molar refractivity (Wildman–Crippen MR) is 62.2 cm³/mol. The molecule has 4 nitrogen and oxygen atoms in total. The molecule has 0 aromatic heterocycles. The van der Waals surface area contributed by atoms with Gasteiger partial charge in [0.05, 0.1) is 13.2 Å². The Balaban J connectivity index is 2.97. The van der Waals surface area contributed by atoms with Gasteiger partial charge in [-0.2, -0.15) is 0 Å². The number of anilines is 1. The van der Waals surface area contributed by atoms with Gasteiger partial charge in [-0.3, -0.25) is 0 Å². The van der Waals surface area contributed by atoms with Crippen molar-refractivity contribution in [1.82, 2.24) is 0 Å². The van der Waals surface area contributed by atoms with Crippen LogP contribution in [-0.2, 0) is 0 Å². The third kappa shape index (κ3) is 3.09. The summed E-state index contributed by atoms with van der Waals surface area (Å²) in [5.41, 5.74) is 6.66. The lowest BCUT2D eigenvalue weighted by molar-refractivity contribution is 0.0342. The van der Waals surface area contributed by atoms with Crippen LogP contribution in [0.5, 0.6) is 5.75 Å². The van der Waals surface area contributed by atoms with E-state index in [4.69, 9.17) is 10.5 Å². The largest absolute Gasteiger partial charge is 0.497 e. The van der Waals surface area contributed by atoms with Crippen molar-refractivity contribution in [3.8, 4) is 5.75 Å². The van der Waals surface area contributed by atoms with Crippen LogP contribution in [0.2, 0.25) is 0 Å². The third-order valence-electron chi connectivity index (χ3n) is 2.05. The molecule has 2 unspecified atom stereocenters. The minimum absolute atomic E-state index is 0.297. The molecule has 2 atom stereocenters. The van der Waals surface area contributed by atoms with Gasteiger partial charge in [0.25, 0.3) is 0 Å². The second kappa shape index (κ2) is 5.34. The van der Waals surface area contributed by atoms with Gasteiger partial charge in [-0.05, 0) is 17.7 Å². The summed E-state index contributed by atoms with van der Waals surface area (Å²) in [5, 5.41) is 19.5. The van der Waals surface area contributed by atoms with E-state index < -0.39 is 12.2 Å². The Morgan fingerprint density at radius 3 is 2.60 bits per heavy atom. The quantitative estimate of drug-likeness (QED) is 0.568. The van der Waals surface area contributed by atoms with Gasteiger partial charge in [0, 0.05) is 17.1 Å². The van der Waals surface area contributed by atoms with Crippen LogP contribution in [0.1, 0.15) is 11.7 Å². The SMILES string of the molecule is COc1cc(N)cc(C(O)C(O)CBr)c1. The number of rotatable bonds is 4. The molecule has 0 aliphatic carbocycles. The highest BCUT2D eigenvalue weighted by Gasteiger charge is 2.18. The number of nitrogens with two attached hydrogens (primary N) is 1. The molecule has 0 radical (unpaired) electrons. The van der Waals surface area contributed by atoms with E-state index in [1.807, 2.05) is 0 Å². The number of halogens is 1. The van der Waals surface area contributed by atoms with E-state index in [0.29, 0.717) is 22.3 Å². The van der Waals surface area contributed by atoms with Gasteiger partial charge in [0.15, 0.2) is 0 Å². The van der Waals surface area contributed by atoms with Crippen LogP contribution in [0.4, 0.5) is 5.69 Å². The highest BCUT2D eigenvalue weighted by atomic mass is 79.9. The number of methoxy groups -OCH3 is 1. The smallest absolute Gasteiger partial charge is 0.121 e. The standard InChI is InChI=1S/C10H14BrNO3/c1-15-8-3-6(2-7(12)4-8)10(14)9(13)5-11/h2-4,9-10,13-14H,5,12H2,1H3. The molecule has 0 aliphatic heterocycles. The zero-order valence-corrected chi connectivity index (χ0v) is 9.94. The zero-order valence-electron chi connectivity index (χ0n) is 8.35.